The Morgan fingerprint density at radius 2 is 2.10 bits per heavy atom. The van der Waals surface area contributed by atoms with Crippen LogP contribution in [0, 0.1) is 23.0 Å². The molecule has 0 unspecified atom stereocenters. The molecule has 1 fully saturated rings. The van der Waals surface area contributed by atoms with E-state index in [0.717, 1.165) is 50.3 Å². The molecule has 5 nitrogen and oxygen atoms in total. The van der Waals surface area contributed by atoms with E-state index in [-0.39, 0.29) is 10.6 Å². The highest BCUT2D eigenvalue weighted by molar-refractivity contribution is 5.64. The number of aryl methyl sites for hydroxylation is 1. The first-order chi connectivity index (χ1) is 9.61. The third-order valence-corrected chi connectivity index (χ3v) is 3.97. The fourth-order valence-electron chi connectivity index (χ4n) is 2.77. The Morgan fingerprint density at radius 1 is 1.40 bits per heavy atom. The highest BCUT2D eigenvalue weighted by atomic mass is 16.6. The largest absolute Gasteiger partial charge is 0.366 e. The van der Waals surface area contributed by atoms with Gasteiger partial charge in [-0.1, -0.05) is 13.0 Å². The van der Waals surface area contributed by atoms with Gasteiger partial charge in [-0.15, -0.1) is 0 Å². The van der Waals surface area contributed by atoms with Gasteiger partial charge in [-0.05, 0) is 50.4 Å². The minimum atomic E-state index is -0.271. The summed E-state index contributed by atoms with van der Waals surface area (Å²) in [6, 6.07) is 5.51. The normalized spacial score (nSPS) is 16.4. The second-order valence-electron chi connectivity index (χ2n) is 5.49. The average molecular weight is 277 g/mol. The van der Waals surface area contributed by atoms with Gasteiger partial charge in [0.05, 0.1) is 4.92 Å². The molecule has 1 aromatic carbocycles. The van der Waals surface area contributed by atoms with Gasteiger partial charge in [0.25, 0.3) is 5.69 Å². The van der Waals surface area contributed by atoms with Crippen LogP contribution in [0.1, 0.15) is 25.3 Å². The quantitative estimate of drug-likeness (QED) is 0.664. The summed E-state index contributed by atoms with van der Waals surface area (Å²) >= 11 is 0. The lowest BCUT2D eigenvalue weighted by Crippen LogP contribution is -2.37. The maximum Gasteiger partial charge on any atom is 0.292 e. The molecule has 0 bridgehead atoms. The summed E-state index contributed by atoms with van der Waals surface area (Å²) < 4.78 is 0. The van der Waals surface area contributed by atoms with Gasteiger partial charge in [-0.25, -0.2) is 0 Å². The van der Waals surface area contributed by atoms with E-state index in [1.807, 2.05) is 19.1 Å². The number of nitro groups is 1. The molecule has 0 spiro atoms. The molecule has 1 saturated heterocycles. The van der Waals surface area contributed by atoms with E-state index in [4.69, 9.17) is 0 Å². The zero-order valence-electron chi connectivity index (χ0n) is 12.3. The van der Waals surface area contributed by atoms with E-state index in [1.165, 1.54) is 0 Å². The van der Waals surface area contributed by atoms with Crippen LogP contribution < -0.4 is 10.2 Å². The van der Waals surface area contributed by atoms with Crippen LogP contribution in [0.4, 0.5) is 11.4 Å². The van der Waals surface area contributed by atoms with E-state index < -0.39 is 0 Å². The van der Waals surface area contributed by atoms with Gasteiger partial charge in [0, 0.05) is 19.2 Å². The van der Waals surface area contributed by atoms with Crippen molar-refractivity contribution in [3.05, 3.63) is 33.9 Å². The standard InChI is InChI=1S/C15H23N3O2/c1-3-16-11-13-6-8-17(9-7-13)14-5-4-12(2)10-15(14)18(19)20/h4-5,10,13,16H,3,6-9,11H2,1-2H3. The number of hydrogen-bond donors (Lipinski definition) is 1. The third kappa shape index (κ3) is 3.48. The molecule has 5 heteroatoms. The lowest BCUT2D eigenvalue weighted by atomic mass is 9.96. The summed E-state index contributed by atoms with van der Waals surface area (Å²) in [5, 5.41) is 14.6. The molecule has 0 amide bonds. The third-order valence-electron chi connectivity index (χ3n) is 3.97. The molecule has 1 heterocycles. The Labute approximate surface area is 120 Å². The van der Waals surface area contributed by atoms with Crippen LogP contribution in [0.15, 0.2) is 18.2 Å². The Morgan fingerprint density at radius 3 is 2.70 bits per heavy atom. The van der Waals surface area contributed by atoms with Crippen LogP contribution >= 0.6 is 0 Å². The van der Waals surface area contributed by atoms with E-state index >= 15 is 0 Å². The number of anilines is 1. The average Bonchev–Trinajstić information content (AvgIpc) is 2.45. The number of nitrogens with one attached hydrogen (secondary N) is 1. The topological polar surface area (TPSA) is 58.4 Å². The molecule has 110 valence electrons. The van der Waals surface area contributed by atoms with Crippen LogP contribution in [0.3, 0.4) is 0 Å². The summed E-state index contributed by atoms with van der Waals surface area (Å²) in [5.41, 5.74) is 1.93. The van der Waals surface area contributed by atoms with Crippen LogP contribution in [0.25, 0.3) is 0 Å². The van der Waals surface area contributed by atoms with Crippen LogP contribution in [0.5, 0.6) is 0 Å². The van der Waals surface area contributed by atoms with Crippen molar-refractivity contribution in [1.29, 1.82) is 0 Å². The first kappa shape index (κ1) is 14.8. The fourth-order valence-corrected chi connectivity index (χ4v) is 2.77. The predicted octanol–water partition coefficient (Wildman–Crippen LogP) is 2.73. The van der Waals surface area contributed by atoms with Crippen molar-refractivity contribution >= 4 is 11.4 Å². The minimum absolute atomic E-state index is 0.232. The number of piperidine rings is 1. The van der Waals surface area contributed by atoms with Gasteiger partial charge in [-0.2, -0.15) is 0 Å². The molecule has 0 atom stereocenters. The Kier molecular flexibility index (Phi) is 4.95. The van der Waals surface area contributed by atoms with Crippen molar-refractivity contribution in [3.63, 3.8) is 0 Å². The van der Waals surface area contributed by atoms with Crippen LogP contribution in [-0.2, 0) is 0 Å². The zero-order chi connectivity index (χ0) is 14.5. The zero-order valence-corrected chi connectivity index (χ0v) is 12.3. The van der Waals surface area contributed by atoms with Crippen molar-refractivity contribution < 1.29 is 4.92 Å². The summed E-state index contributed by atoms with van der Waals surface area (Å²) in [5.74, 6) is 0.690. The molecule has 2 rings (SSSR count). The minimum Gasteiger partial charge on any atom is -0.366 e. The highest BCUT2D eigenvalue weighted by Crippen LogP contribution is 2.32. The smallest absolute Gasteiger partial charge is 0.292 e. The molecule has 0 saturated carbocycles. The van der Waals surface area contributed by atoms with Gasteiger partial charge < -0.3 is 10.2 Å². The van der Waals surface area contributed by atoms with Crippen molar-refractivity contribution in [2.45, 2.75) is 26.7 Å². The first-order valence-electron chi connectivity index (χ1n) is 7.32. The summed E-state index contributed by atoms with van der Waals surface area (Å²) in [6.07, 6.45) is 2.19. The number of nitro benzene ring substituents is 1. The molecule has 0 aliphatic carbocycles. The van der Waals surface area contributed by atoms with E-state index in [2.05, 4.69) is 17.1 Å². The molecule has 20 heavy (non-hydrogen) atoms. The van der Waals surface area contributed by atoms with Crippen molar-refractivity contribution in [1.82, 2.24) is 5.32 Å². The van der Waals surface area contributed by atoms with E-state index in [9.17, 15) is 10.1 Å². The van der Waals surface area contributed by atoms with E-state index in [0.29, 0.717) is 5.92 Å². The lowest BCUT2D eigenvalue weighted by Gasteiger charge is -2.33. The van der Waals surface area contributed by atoms with Crippen molar-refractivity contribution in [2.24, 2.45) is 5.92 Å². The predicted molar refractivity (Wildman–Crippen MR) is 81.3 cm³/mol. The Bertz CT molecular complexity index is 468. The maximum atomic E-state index is 11.2. The Hall–Kier alpha value is -1.62. The number of rotatable bonds is 5. The molecular formula is C15H23N3O2. The maximum absolute atomic E-state index is 11.2. The van der Waals surface area contributed by atoms with Gasteiger partial charge in [0.15, 0.2) is 0 Å². The Balaban J connectivity index is 2.05. The van der Waals surface area contributed by atoms with Gasteiger partial charge >= 0.3 is 0 Å². The number of benzene rings is 1. The van der Waals surface area contributed by atoms with Gasteiger partial charge in [-0.3, -0.25) is 10.1 Å². The fraction of sp³-hybridized carbons (Fsp3) is 0.600. The number of hydrogen-bond acceptors (Lipinski definition) is 4. The molecule has 0 radical (unpaired) electrons. The molecular weight excluding hydrogens is 254 g/mol. The second-order valence-corrected chi connectivity index (χ2v) is 5.49. The molecule has 1 N–H and O–H groups in total. The van der Waals surface area contributed by atoms with Crippen LogP contribution in [-0.4, -0.2) is 31.1 Å². The van der Waals surface area contributed by atoms with E-state index in [1.54, 1.807) is 6.07 Å². The summed E-state index contributed by atoms with van der Waals surface area (Å²) in [4.78, 5) is 13.1. The molecule has 1 aliphatic heterocycles. The van der Waals surface area contributed by atoms with Gasteiger partial charge in [0.2, 0.25) is 0 Å². The lowest BCUT2D eigenvalue weighted by molar-refractivity contribution is -0.384. The SMILES string of the molecule is CCNCC1CCN(c2ccc(C)cc2[N+](=O)[O-])CC1. The molecule has 1 aromatic rings. The highest BCUT2D eigenvalue weighted by Gasteiger charge is 2.24. The van der Waals surface area contributed by atoms with Crippen LogP contribution in [0.2, 0.25) is 0 Å². The summed E-state index contributed by atoms with van der Waals surface area (Å²) in [6.45, 7) is 7.87. The second kappa shape index (κ2) is 6.70. The molecule has 0 aromatic heterocycles. The van der Waals surface area contributed by atoms with Crippen molar-refractivity contribution in [3.8, 4) is 0 Å². The van der Waals surface area contributed by atoms with Gasteiger partial charge in [0.1, 0.15) is 5.69 Å². The number of nitrogens with zero attached hydrogens (tertiary/aromatic N) is 2. The summed E-state index contributed by atoms with van der Waals surface area (Å²) in [7, 11) is 0. The molecule has 1 aliphatic rings. The van der Waals surface area contributed by atoms with Crippen molar-refractivity contribution in [2.75, 3.05) is 31.1 Å². The monoisotopic (exact) mass is 277 g/mol. The first-order valence-corrected chi connectivity index (χ1v) is 7.32.